The monoisotopic (exact) mass is 168 g/mol. The normalized spacial score (nSPS) is 30.7. The number of rotatable bonds is 2. The first kappa shape index (κ1) is 9.76. The summed E-state index contributed by atoms with van der Waals surface area (Å²) >= 11 is 0. The first-order valence-electron chi connectivity index (χ1n) is 5.04. The molecule has 1 heteroatoms. The highest BCUT2D eigenvalue weighted by Gasteiger charge is 2.36. The lowest BCUT2D eigenvalue weighted by molar-refractivity contribution is -0.117. The molecule has 1 fully saturated rings. The third-order valence-corrected chi connectivity index (χ3v) is 3.19. The van der Waals surface area contributed by atoms with Crippen molar-refractivity contribution in [2.24, 2.45) is 23.7 Å². The van der Waals surface area contributed by atoms with Crippen molar-refractivity contribution in [1.29, 1.82) is 0 Å². The molecule has 0 aliphatic heterocycles. The van der Waals surface area contributed by atoms with Crippen LogP contribution in [0, 0.1) is 23.7 Å². The molecule has 0 bridgehead atoms. The van der Waals surface area contributed by atoms with Gasteiger partial charge in [-0.2, -0.15) is 0 Å². The average molecular weight is 168 g/mol. The molecule has 0 aromatic heterocycles. The quantitative estimate of drug-likeness (QED) is 0.619. The highest BCUT2D eigenvalue weighted by molar-refractivity contribution is 5.81. The number of hydrogen-bond acceptors (Lipinski definition) is 1. The van der Waals surface area contributed by atoms with Crippen LogP contribution in [-0.2, 0) is 4.79 Å². The largest absolute Gasteiger partial charge is 0.300 e. The van der Waals surface area contributed by atoms with Crippen molar-refractivity contribution in [3.63, 3.8) is 0 Å². The molecule has 70 valence electrons. The predicted molar refractivity (Wildman–Crippen MR) is 50.9 cm³/mol. The van der Waals surface area contributed by atoms with Crippen LogP contribution >= 0.6 is 0 Å². The molecular weight excluding hydrogens is 148 g/mol. The molecule has 0 aromatic carbocycles. The van der Waals surface area contributed by atoms with Gasteiger partial charge >= 0.3 is 0 Å². The zero-order valence-corrected chi connectivity index (χ0v) is 8.63. The van der Waals surface area contributed by atoms with Crippen LogP contribution in [0.25, 0.3) is 0 Å². The molecule has 0 amide bonds. The van der Waals surface area contributed by atoms with Crippen molar-refractivity contribution in [2.45, 2.75) is 40.5 Å². The highest BCUT2D eigenvalue weighted by atomic mass is 16.1. The Balaban J connectivity index is 2.65. The van der Waals surface area contributed by atoms with E-state index in [1.54, 1.807) is 0 Å². The molecule has 0 saturated heterocycles. The zero-order valence-electron chi connectivity index (χ0n) is 8.63. The number of ketones is 1. The summed E-state index contributed by atoms with van der Waals surface area (Å²) in [6.45, 7) is 8.94. The van der Waals surface area contributed by atoms with Crippen molar-refractivity contribution in [1.82, 2.24) is 0 Å². The van der Waals surface area contributed by atoms with E-state index in [-0.39, 0.29) is 0 Å². The van der Waals surface area contributed by atoms with Crippen molar-refractivity contribution >= 4 is 5.78 Å². The van der Waals surface area contributed by atoms with Gasteiger partial charge in [0.25, 0.3) is 0 Å². The van der Waals surface area contributed by atoms with E-state index in [9.17, 15) is 4.79 Å². The molecule has 1 rings (SSSR count). The fraction of sp³-hybridized carbons (Fsp3) is 0.909. The second kappa shape index (κ2) is 3.59. The van der Waals surface area contributed by atoms with Gasteiger partial charge in [0.15, 0.2) is 0 Å². The average Bonchev–Trinajstić information content (AvgIpc) is 2.31. The molecule has 0 N–H and O–H groups in total. The molecule has 1 nitrogen and oxygen atoms in total. The molecule has 1 saturated carbocycles. The fourth-order valence-corrected chi connectivity index (χ4v) is 2.37. The van der Waals surface area contributed by atoms with Crippen LogP contribution in [0.4, 0.5) is 0 Å². The van der Waals surface area contributed by atoms with Crippen LogP contribution in [0.1, 0.15) is 40.5 Å². The van der Waals surface area contributed by atoms with Crippen molar-refractivity contribution in [2.75, 3.05) is 0 Å². The molecule has 0 radical (unpaired) electrons. The van der Waals surface area contributed by atoms with E-state index >= 15 is 0 Å². The Bertz CT molecular complexity index is 152. The van der Waals surface area contributed by atoms with E-state index in [1.807, 2.05) is 0 Å². The predicted octanol–water partition coefficient (Wildman–Crippen LogP) is 2.89. The highest BCUT2D eigenvalue weighted by Crippen LogP contribution is 2.38. The van der Waals surface area contributed by atoms with Crippen molar-refractivity contribution < 1.29 is 4.79 Å². The standard InChI is InChI=1S/C11H20O/c1-7(2)10-5-9(12)6-11(10)8(3)4/h7-8,10-11H,5-6H2,1-4H3/t10-,11-/m1/s1. The van der Waals surface area contributed by atoms with Crippen molar-refractivity contribution in [3.8, 4) is 0 Å². The topological polar surface area (TPSA) is 17.1 Å². The van der Waals surface area contributed by atoms with Crippen LogP contribution in [0.3, 0.4) is 0 Å². The lowest BCUT2D eigenvalue weighted by Gasteiger charge is -2.25. The van der Waals surface area contributed by atoms with Crippen LogP contribution in [0.5, 0.6) is 0 Å². The first-order chi connectivity index (χ1) is 5.52. The second-order valence-electron chi connectivity index (χ2n) is 4.76. The summed E-state index contributed by atoms with van der Waals surface area (Å²) in [7, 11) is 0. The van der Waals surface area contributed by atoms with Gasteiger partial charge in [-0.3, -0.25) is 4.79 Å². The van der Waals surface area contributed by atoms with Gasteiger partial charge in [-0.25, -0.2) is 0 Å². The molecule has 0 unspecified atom stereocenters. The van der Waals surface area contributed by atoms with E-state index in [0.29, 0.717) is 29.5 Å². The number of hydrogen-bond donors (Lipinski definition) is 0. The Morgan fingerprint density at radius 1 is 1.00 bits per heavy atom. The Kier molecular flexibility index (Phi) is 2.92. The van der Waals surface area contributed by atoms with Crippen molar-refractivity contribution in [3.05, 3.63) is 0 Å². The second-order valence-corrected chi connectivity index (χ2v) is 4.76. The van der Waals surface area contributed by atoms with E-state index < -0.39 is 0 Å². The maximum atomic E-state index is 11.3. The first-order valence-corrected chi connectivity index (χ1v) is 5.04. The summed E-state index contributed by atoms with van der Waals surface area (Å²) in [6, 6.07) is 0. The SMILES string of the molecule is CC(C)[C@H]1CC(=O)C[C@@H]1C(C)C. The van der Waals surface area contributed by atoms with Crippen LogP contribution in [0.2, 0.25) is 0 Å². The maximum absolute atomic E-state index is 11.3. The third-order valence-electron chi connectivity index (χ3n) is 3.19. The molecule has 2 atom stereocenters. The Morgan fingerprint density at radius 3 is 1.58 bits per heavy atom. The smallest absolute Gasteiger partial charge is 0.133 e. The van der Waals surface area contributed by atoms with E-state index in [0.717, 1.165) is 12.8 Å². The number of carbonyl (C=O) groups is 1. The van der Waals surface area contributed by atoms with E-state index in [1.165, 1.54) is 0 Å². The minimum Gasteiger partial charge on any atom is -0.300 e. The lowest BCUT2D eigenvalue weighted by Crippen LogP contribution is -2.18. The van der Waals surface area contributed by atoms with Gasteiger partial charge in [-0.05, 0) is 23.7 Å². The molecule has 0 aromatic rings. The minimum absolute atomic E-state index is 0.479. The van der Waals surface area contributed by atoms with Gasteiger partial charge in [0, 0.05) is 12.8 Å². The number of Topliss-reactive ketones (excluding diaryl/α,β-unsaturated/α-hetero) is 1. The van der Waals surface area contributed by atoms with Gasteiger partial charge < -0.3 is 0 Å². The van der Waals surface area contributed by atoms with Gasteiger partial charge in [0.05, 0.1) is 0 Å². The summed E-state index contributed by atoms with van der Waals surface area (Å²) < 4.78 is 0. The van der Waals surface area contributed by atoms with Gasteiger partial charge in [-0.15, -0.1) is 0 Å². The van der Waals surface area contributed by atoms with Crippen LogP contribution in [0.15, 0.2) is 0 Å². The van der Waals surface area contributed by atoms with Crippen LogP contribution in [-0.4, -0.2) is 5.78 Å². The maximum Gasteiger partial charge on any atom is 0.133 e. The number of carbonyl (C=O) groups excluding carboxylic acids is 1. The van der Waals surface area contributed by atoms with E-state index in [4.69, 9.17) is 0 Å². The Morgan fingerprint density at radius 2 is 1.33 bits per heavy atom. The molecule has 0 spiro atoms. The summed E-state index contributed by atoms with van der Waals surface area (Å²) in [4.78, 5) is 11.3. The van der Waals surface area contributed by atoms with Gasteiger partial charge in [0.1, 0.15) is 5.78 Å². The van der Waals surface area contributed by atoms with Gasteiger partial charge in [0.2, 0.25) is 0 Å². The summed E-state index contributed by atoms with van der Waals surface area (Å²) in [6.07, 6.45) is 1.67. The van der Waals surface area contributed by atoms with E-state index in [2.05, 4.69) is 27.7 Å². The molecule has 1 aliphatic rings. The summed E-state index contributed by atoms with van der Waals surface area (Å²) in [5, 5.41) is 0. The Hall–Kier alpha value is -0.330. The summed E-state index contributed by atoms with van der Waals surface area (Å²) in [5.74, 6) is 3.12. The minimum atomic E-state index is 0.479. The fourth-order valence-electron chi connectivity index (χ4n) is 2.37. The van der Waals surface area contributed by atoms with Gasteiger partial charge in [-0.1, -0.05) is 27.7 Å². The lowest BCUT2D eigenvalue weighted by atomic mass is 9.80. The Labute approximate surface area is 75.5 Å². The molecule has 0 heterocycles. The molecule has 12 heavy (non-hydrogen) atoms. The van der Waals surface area contributed by atoms with Crippen LogP contribution < -0.4 is 0 Å². The molecular formula is C11H20O. The zero-order chi connectivity index (χ0) is 9.30. The molecule has 1 aliphatic carbocycles. The third kappa shape index (κ3) is 1.88. The summed E-state index contributed by atoms with van der Waals surface area (Å²) in [5.41, 5.74) is 0.